The Labute approximate surface area is 264 Å². The summed E-state index contributed by atoms with van der Waals surface area (Å²) in [5.74, 6) is -2.13. The standard InChI is InChI=1S/C36H41N5O4/c1-36(2,3)33(39-34(44)32(43)28-14-8-5-9-15-28)35(45)40-41(24-31(42)29(37)22-25-12-6-4-7-13-25)23-26-17-19-27(20-18-26)30-16-10-11-21-38-30/h4-21,29,31,33,42H,22-24,37H2,1-3H3,(H,39,44)(H,40,45)/t29?,31-,33?/m0/s1. The van der Waals surface area contributed by atoms with Crippen LogP contribution in [0.3, 0.4) is 0 Å². The van der Waals surface area contributed by atoms with E-state index < -0.39 is 41.2 Å². The van der Waals surface area contributed by atoms with Gasteiger partial charge in [-0.05, 0) is 35.1 Å². The fraction of sp³-hybridized carbons (Fsp3) is 0.278. The summed E-state index contributed by atoms with van der Waals surface area (Å²) in [6.07, 6.45) is 1.20. The van der Waals surface area contributed by atoms with E-state index in [-0.39, 0.29) is 18.7 Å². The molecule has 0 aliphatic carbocycles. The number of hydrazine groups is 1. The van der Waals surface area contributed by atoms with E-state index >= 15 is 0 Å². The summed E-state index contributed by atoms with van der Waals surface area (Å²) in [6, 6.07) is 29.6. The molecule has 9 heteroatoms. The molecule has 0 saturated carbocycles. The number of benzene rings is 3. The molecular formula is C36H41N5O4. The van der Waals surface area contributed by atoms with Crippen LogP contribution in [0, 0.1) is 5.41 Å². The van der Waals surface area contributed by atoms with Gasteiger partial charge < -0.3 is 16.2 Å². The van der Waals surface area contributed by atoms with Crippen molar-refractivity contribution in [3.8, 4) is 11.3 Å². The Kier molecular flexibility index (Phi) is 11.3. The summed E-state index contributed by atoms with van der Waals surface area (Å²) < 4.78 is 0. The predicted molar refractivity (Wildman–Crippen MR) is 175 cm³/mol. The van der Waals surface area contributed by atoms with Crippen LogP contribution in [0.1, 0.15) is 42.3 Å². The smallest absolute Gasteiger partial charge is 0.293 e. The van der Waals surface area contributed by atoms with Gasteiger partial charge in [0, 0.05) is 36.5 Å². The number of nitrogens with zero attached hydrogens (tertiary/aromatic N) is 2. The zero-order valence-corrected chi connectivity index (χ0v) is 25.9. The fourth-order valence-electron chi connectivity index (χ4n) is 4.88. The van der Waals surface area contributed by atoms with Gasteiger partial charge in [0.25, 0.3) is 11.8 Å². The third-order valence-corrected chi connectivity index (χ3v) is 7.42. The second-order valence-corrected chi connectivity index (χ2v) is 12.2. The van der Waals surface area contributed by atoms with E-state index in [2.05, 4.69) is 15.7 Å². The number of carbonyl (C=O) groups excluding carboxylic acids is 3. The van der Waals surface area contributed by atoms with Crippen molar-refractivity contribution in [1.29, 1.82) is 0 Å². The predicted octanol–water partition coefficient (Wildman–Crippen LogP) is 3.93. The molecule has 2 amide bonds. The lowest BCUT2D eigenvalue weighted by Gasteiger charge is -2.34. The monoisotopic (exact) mass is 607 g/mol. The number of aliphatic hydroxyl groups excluding tert-OH is 1. The third-order valence-electron chi connectivity index (χ3n) is 7.42. The van der Waals surface area contributed by atoms with Crippen LogP contribution >= 0.6 is 0 Å². The topological polar surface area (TPSA) is 138 Å². The molecule has 1 aromatic heterocycles. The van der Waals surface area contributed by atoms with Crippen LogP contribution in [0.5, 0.6) is 0 Å². The first-order chi connectivity index (χ1) is 21.5. The molecule has 9 nitrogen and oxygen atoms in total. The molecule has 45 heavy (non-hydrogen) atoms. The Morgan fingerprint density at radius 3 is 2.07 bits per heavy atom. The maximum Gasteiger partial charge on any atom is 0.293 e. The van der Waals surface area contributed by atoms with Crippen LogP contribution in [0.2, 0.25) is 0 Å². The lowest BCUT2D eigenvalue weighted by Crippen LogP contribution is -2.59. The van der Waals surface area contributed by atoms with Gasteiger partial charge in [0.2, 0.25) is 5.78 Å². The molecule has 2 unspecified atom stereocenters. The van der Waals surface area contributed by atoms with E-state index in [4.69, 9.17) is 5.73 Å². The molecule has 3 aromatic carbocycles. The van der Waals surface area contributed by atoms with E-state index in [0.717, 1.165) is 22.4 Å². The molecule has 0 aliphatic heterocycles. The number of aromatic nitrogens is 1. The number of rotatable bonds is 13. The van der Waals surface area contributed by atoms with Gasteiger partial charge in [-0.2, -0.15) is 0 Å². The van der Waals surface area contributed by atoms with E-state index in [1.807, 2.05) is 72.8 Å². The number of aliphatic hydroxyl groups is 1. The molecule has 0 fully saturated rings. The number of pyridine rings is 1. The van der Waals surface area contributed by atoms with Gasteiger partial charge in [-0.25, -0.2) is 5.01 Å². The fourth-order valence-corrected chi connectivity index (χ4v) is 4.88. The number of carbonyl (C=O) groups is 3. The zero-order chi connectivity index (χ0) is 32.4. The molecule has 4 aromatic rings. The number of ketones is 1. The molecule has 0 saturated heterocycles. The maximum atomic E-state index is 13.8. The van der Waals surface area contributed by atoms with E-state index in [0.29, 0.717) is 6.42 Å². The first kappa shape index (κ1) is 33.2. The number of nitrogens with one attached hydrogen (secondary N) is 2. The van der Waals surface area contributed by atoms with Gasteiger partial charge >= 0.3 is 0 Å². The highest BCUT2D eigenvalue weighted by molar-refractivity contribution is 6.43. The lowest BCUT2D eigenvalue weighted by atomic mass is 9.86. The highest BCUT2D eigenvalue weighted by Gasteiger charge is 2.35. The van der Waals surface area contributed by atoms with Crippen molar-refractivity contribution < 1.29 is 19.5 Å². The summed E-state index contributed by atoms with van der Waals surface area (Å²) in [6.45, 7) is 5.67. The normalized spacial score (nSPS) is 13.5. The Bertz CT molecular complexity index is 1540. The van der Waals surface area contributed by atoms with Crippen molar-refractivity contribution in [3.63, 3.8) is 0 Å². The summed E-state index contributed by atoms with van der Waals surface area (Å²) in [5.41, 5.74) is 12.4. The van der Waals surface area contributed by atoms with Crippen LogP contribution in [0.15, 0.2) is 109 Å². The van der Waals surface area contributed by atoms with Crippen LogP contribution < -0.4 is 16.5 Å². The van der Waals surface area contributed by atoms with Crippen molar-refractivity contribution in [2.75, 3.05) is 6.54 Å². The molecular weight excluding hydrogens is 566 g/mol. The Hall–Kier alpha value is -4.70. The molecule has 0 aliphatic rings. The second-order valence-electron chi connectivity index (χ2n) is 12.2. The van der Waals surface area contributed by atoms with Gasteiger partial charge in [0.05, 0.1) is 11.8 Å². The van der Waals surface area contributed by atoms with Gasteiger partial charge in [-0.1, -0.05) is 112 Å². The van der Waals surface area contributed by atoms with Gasteiger partial charge in [0.1, 0.15) is 6.04 Å². The number of Topliss-reactive ketones (excluding diaryl/α,β-unsaturated/α-hetero) is 1. The average molecular weight is 608 g/mol. The van der Waals surface area contributed by atoms with Crippen molar-refractivity contribution >= 4 is 17.6 Å². The summed E-state index contributed by atoms with van der Waals surface area (Å²) in [5, 5.41) is 15.4. The van der Waals surface area contributed by atoms with Crippen molar-refractivity contribution in [3.05, 3.63) is 126 Å². The van der Waals surface area contributed by atoms with Crippen molar-refractivity contribution in [2.45, 2.75) is 51.9 Å². The highest BCUT2D eigenvalue weighted by Crippen LogP contribution is 2.21. The number of hydrogen-bond donors (Lipinski definition) is 4. The van der Waals surface area contributed by atoms with Crippen LogP contribution in [-0.4, -0.2) is 57.4 Å². The van der Waals surface area contributed by atoms with Crippen molar-refractivity contribution in [2.24, 2.45) is 11.1 Å². The largest absolute Gasteiger partial charge is 0.390 e. The van der Waals surface area contributed by atoms with E-state index in [1.54, 1.807) is 62.3 Å². The second kappa shape index (κ2) is 15.3. The molecule has 4 rings (SSSR count). The van der Waals surface area contributed by atoms with Gasteiger partial charge in [-0.3, -0.25) is 24.8 Å². The quantitative estimate of drug-likeness (QED) is 0.103. The third kappa shape index (κ3) is 9.64. The maximum absolute atomic E-state index is 13.8. The molecule has 0 bridgehead atoms. The zero-order valence-electron chi connectivity index (χ0n) is 25.9. The van der Waals surface area contributed by atoms with E-state index in [1.165, 1.54) is 0 Å². The molecule has 0 spiro atoms. The Morgan fingerprint density at radius 1 is 0.844 bits per heavy atom. The minimum atomic E-state index is -1.05. The van der Waals surface area contributed by atoms with E-state index in [9.17, 15) is 19.5 Å². The average Bonchev–Trinajstić information content (AvgIpc) is 3.04. The molecule has 0 radical (unpaired) electrons. The first-order valence-corrected chi connectivity index (χ1v) is 14.9. The Morgan fingerprint density at radius 2 is 1.47 bits per heavy atom. The highest BCUT2D eigenvalue weighted by atomic mass is 16.3. The molecule has 234 valence electrons. The van der Waals surface area contributed by atoms with Crippen molar-refractivity contribution in [1.82, 2.24) is 20.7 Å². The number of hydrogen-bond acceptors (Lipinski definition) is 7. The minimum Gasteiger partial charge on any atom is -0.390 e. The van der Waals surface area contributed by atoms with Crippen LogP contribution in [-0.2, 0) is 22.6 Å². The van der Waals surface area contributed by atoms with Crippen LogP contribution in [0.25, 0.3) is 11.3 Å². The molecule has 5 N–H and O–H groups in total. The van der Waals surface area contributed by atoms with Gasteiger partial charge in [-0.15, -0.1) is 0 Å². The van der Waals surface area contributed by atoms with Gasteiger partial charge in [0.15, 0.2) is 0 Å². The summed E-state index contributed by atoms with van der Waals surface area (Å²) >= 11 is 0. The Balaban J connectivity index is 1.52. The number of amides is 2. The molecule has 1 heterocycles. The SMILES string of the molecule is CC(C)(C)C(NC(=O)C(=O)c1ccccc1)C(=O)NN(Cc1ccc(-c2ccccn2)cc1)C[C@H](O)C(N)Cc1ccccc1. The summed E-state index contributed by atoms with van der Waals surface area (Å²) in [4.78, 5) is 43.9. The summed E-state index contributed by atoms with van der Waals surface area (Å²) in [7, 11) is 0. The lowest BCUT2D eigenvalue weighted by molar-refractivity contribution is -0.134. The first-order valence-electron chi connectivity index (χ1n) is 14.9. The number of nitrogens with two attached hydrogens (primary N) is 1. The minimum absolute atomic E-state index is 0.0233. The molecule has 3 atom stereocenters. The van der Waals surface area contributed by atoms with Crippen LogP contribution in [0.4, 0.5) is 0 Å².